The second-order valence-corrected chi connectivity index (χ2v) is 5.82. The molecule has 9 heteroatoms. The van der Waals surface area contributed by atoms with Gasteiger partial charge in [0.25, 0.3) is 0 Å². The highest BCUT2D eigenvalue weighted by atomic mass is 16.6. The third kappa shape index (κ3) is 2.53. The number of nitrogens with zero attached hydrogens (tertiary/aromatic N) is 4. The Morgan fingerprint density at radius 2 is 1.80 bits per heavy atom. The number of fused-ring (bicyclic) bond motifs is 1. The molecule has 0 bridgehead atoms. The first kappa shape index (κ1) is 15.9. The molecule has 4 atom stereocenters. The van der Waals surface area contributed by atoms with Crippen LogP contribution in [0, 0.1) is 0 Å². The summed E-state index contributed by atoms with van der Waals surface area (Å²) < 4.78 is 7.03. The van der Waals surface area contributed by atoms with Gasteiger partial charge >= 0.3 is 0 Å². The summed E-state index contributed by atoms with van der Waals surface area (Å²) in [4.78, 5) is 12.8. The van der Waals surface area contributed by atoms with Crippen LogP contribution in [0.5, 0.6) is 5.75 Å². The third-order valence-electron chi connectivity index (χ3n) is 4.29. The first-order chi connectivity index (χ1) is 12.1. The zero-order chi connectivity index (χ0) is 17.6. The normalized spacial score (nSPS) is 26.4. The van der Waals surface area contributed by atoms with Crippen molar-refractivity contribution in [2.24, 2.45) is 0 Å². The fraction of sp³-hybridized carbons (Fsp3) is 0.312. The minimum atomic E-state index is -1.22. The van der Waals surface area contributed by atoms with Crippen molar-refractivity contribution in [3.8, 4) is 17.0 Å². The smallest absolute Gasteiger partial charge is 0.166 e. The van der Waals surface area contributed by atoms with E-state index in [4.69, 9.17) is 4.74 Å². The average molecular weight is 344 g/mol. The summed E-state index contributed by atoms with van der Waals surface area (Å²) in [5.74, 6) is 0.145. The number of ether oxygens (including phenoxy) is 1. The molecule has 4 N–H and O–H groups in total. The lowest BCUT2D eigenvalue weighted by atomic mass is 10.1. The highest BCUT2D eigenvalue weighted by Gasteiger charge is 2.44. The maximum atomic E-state index is 10.2. The zero-order valence-electron chi connectivity index (χ0n) is 13.0. The SMILES string of the molecule is OC[C@H]1O[C@@H](n2cnc3c(-c4ccc(O)cc4)ncnc32)[C@H](O)[C@@H]1O. The molecule has 0 radical (unpaired) electrons. The number of aromatic hydroxyl groups is 1. The summed E-state index contributed by atoms with van der Waals surface area (Å²) in [7, 11) is 0. The van der Waals surface area contributed by atoms with Gasteiger partial charge < -0.3 is 25.2 Å². The van der Waals surface area contributed by atoms with Crippen LogP contribution in [-0.2, 0) is 4.74 Å². The Kier molecular flexibility index (Phi) is 3.85. The molecule has 130 valence electrons. The molecule has 0 saturated carbocycles. The molecule has 1 saturated heterocycles. The first-order valence-corrected chi connectivity index (χ1v) is 7.69. The van der Waals surface area contributed by atoms with Crippen molar-refractivity contribution >= 4 is 11.2 Å². The van der Waals surface area contributed by atoms with Gasteiger partial charge in [0, 0.05) is 5.56 Å². The molecule has 1 aliphatic heterocycles. The van der Waals surface area contributed by atoms with Crippen LogP contribution in [0.3, 0.4) is 0 Å². The molecule has 3 aromatic rings. The molecule has 3 heterocycles. The van der Waals surface area contributed by atoms with E-state index in [1.807, 2.05) is 0 Å². The standard InChI is InChI=1S/C16H16N4O5/c21-5-10-13(23)14(24)16(25-10)20-7-19-12-11(17-6-18-15(12)20)8-1-3-9(22)4-2-8/h1-4,6-7,10,13-14,16,21-24H,5H2/t10-,13-,14-,16-/m1/s1. The van der Waals surface area contributed by atoms with Crippen molar-refractivity contribution in [1.82, 2.24) is 19.5 Å². The van der Waals surface area contributed by atoms with Crippen LogP contribution < -0.4 is 0 Å². The molecule has 4 rings (SSSR count). The van der Waals surface area contributed by atoms with Crippen molar-refractivity contribution in [2.75, 3.05) is 6.61 Å². The van der Waals surface area contributed by atoms with E-state index in [1.54, 1.807) is 24.3 Å². The minimum absolute atomic E-state index is 0.145. The van der Waals surface area contributed by atoms with Gasteiger partial charge in [-0.25, -0.2) is 15.0 Å². The van der Waals surface area contributed by atoms with Gasteiger partial charge in [-0.1, -0.05) is 0 Å². The number of aromatic nitrogens is 4. The lowest BCUT2D eigenvalue weighted by Gasteiger charge is -2.16. The van der Waals surface area contributed by atoms with E-state index in [0.29, 0.717) is 16.9 Å². The summed E-state index contributed by atoms with van der Waals surface area (Å²) in [5, 5.41) is 38.8. The zero-order valence-corrected chi connectivity index (χ0v) is 13.0. The fourth-order valence-corrected chi connectivity index (χ4v) is 2.98. The Morgan fingerprint density at radius 1 is 1.04 bits per heavy atom. The van der Waals surface area contributed by atoms with Gasteiger partial charge in [-0.3, -0.25) is 4.57 Å². The van der Waals surface area contributed by atoms with E-state index in [1.165, 1.54) is 17.2 Å². The summed E-state index contributed by atoms with van der Waals surface area (Å²) in [6.45, 7) is -0.408. The molecule has 25 heavy (non-hydrogen) atoms. The predicted molar refractivity (Wildman–Crippen MR) is 85.4 cm³/mol. The van der Waals surface area contributed by atoms with Gasteiger partial charge in [-0.15, -0.1) is 0 Å². The Bertz CT molecular complexity index is 897. The van der Waals surface area contributed by atoms with Gasteiger partial charge in [-0.2, -0.15) is 0 Å². The third-order valence-corrected chi connectivity index (χ3v) is 4.29. The summed E-state index contributed by atoms with van der Waals surface area (Å²) in [6, 6.07) is 6.52. The molecular weight excluding hydrogens is 328 g/mol. The molecule has 2 aromatic heterocycles. The largest absolute Gasteiger partial charge is 0.508 e. The highest BCUT2D eigenvalue weighted by molar-refractivity contribution is 5.87. The number of rotatable bonds is 3. The molecule has 1 aromatic carbocycles. The fourth-order valence-electron chi connectivity index (χ4n) is 2.98. The van der Waals surface area contributed by atoms with E-state index in [2.05, 4.69) is 15.0 Å². The van der Waals surface area contributed by atoms with Crippen molar-refractivity contribution in [2.45, 2.75) is 24.5 Å². The van der Waals surface area contributed by atoms with Crippen molar-refractivity contribution < 1.29 is 25.2 Å². The maximum Gasteiger partial charge on any atom is 0.166 e. The van der Waals surface area contributed by atoms with Crippen LogP contribution in [0.25, 0.3) is 22.4 Å². The van der Waals surface area contributed by atoms with Crippen LogP contribution in [0.15, 0.2) is 36.9 Å². The molecule has 9 nitrogen and oxygen atoms in total. The van der Waals surface area contributed by atoms with E-state index in [9.17, 15) is 20.4 Å². The average Bonchev–Trinajstić information content (AvgIpc) is 3.17. The number of imidazole rings is 1. The topological polar surface area (TPSA) is 134 Å². The number of hydrogen-bond acceptors (Lipinski definition) is 8. The number of phenols is 1. The number of benzene rings is 1. The Hall–Kier alpha value is -2.59. The Balaban J connectivity index is 1.78. The van der Waals surface area contributed by atoms with Gasteiger partial charge in [0.05, 0.1) is 12.9 Å². The van der Waals surface area contributed by atoms with E-state index in [0.717, 1.165) is 5.56 Å². The lowest BCUT2D eigenvalue weighted by Crippen LogP contribution is -2.33. The van der Waals surface area contributed by atoms with Crippen molar-refractivity contribution in [3.05, 3.63) is 36.9 Å². The predicted octanol–water partition coefficient (Wildman–Crippen LogP) is -0.190. The molecular formula is C16H16N4O5. The molecule has 1 aliphatic rings. The monoisotopic (exact) mass is 344 g/mol. The first-order valence-electron chi connectivity index (χ1n) is 7.69. The summed E-state index contributed by atoms with van der Waals surface area (Å²) >= 11 is 0. The second kappa shape index (κ2) is 6.05. The summed E-state index contributed by atoms with van der Waals surface area (Å²) in [5.41, 5.74) is 2.23. The number of hydrogen-bond donors (Lipinski definition) is 4. The van der Waals surface area contributed by atoms with E-state index >= 15 is 0 Å². The van der Waals surface area contributed by atoms with Crippen LogP contribution in [0.2, 0.25) is 0 Å². The van der Waals surface area contributed by atoms with Crippen molar-refractivity contribution in [3.63, 3.8) is 0 Å². The van der Waals surface area contributed by atoms with Gasteiger partial charge in [-0.05, 0) is 24.3 Å². The van der Waals surface area contributed by atoms with E-state index < -0.39 is 31.1 Å². The summed E-state index contributed by atoms with van der Waals surface area (Å²) in [6.07, 6.45) is -1.41. The number of phenolic OH excluding ortho intramolecular Hbond substituents is 1. The number of aliphatic hydroxyl groups excluding tert-OH is 3. The maximum absolute atomic E-state index is 10.2. The van der Waals surface area contributed by atoms with Crippen LogP contribution in [0.1, 0.15) is 6.23 Å². The molecule has 0 aliphatic carbocycles. The molecule has 0 amide bonds. The van der Waals surface area contributed by atoms with Gasteiger partial charge in [0.15, 0.2) is 11.9 Å². The quantitative estimate of drug-likeness (QED) is 0.514. The van der Waals surface area contributed by atoms with Crippen LogP contribution in [0.4, 0.5) is 0 Å². The second-order valence-electron chi connectivity index (χ2n) is 5.82. The van der Waals surface area contributed by atoms with E-state index in [-0.39, 0.29) is 5.75 Å². The Morgan fingerprint density at radius 3 is 2.48 bits per heavy atom. The van der Waals surface area contributed by atoms with Gasteiger partial charge in [0.2, 0.25) is 0 Å². The Labute approximate surface area is 141 Å². The number of aliphatic hydroxyl groups is 3. The molecule has 0 unspecified atom stereocenters. The highest BCUT2D eigenvalue weighted by Crippen LogP contribution is 2.33. The van der Waals surface area contributed by atoms with Crippen LogP contribution >= 0.6 is 0 Å². The lowest BCUT2D eigenvalue weighted by molar-refractivity contribution is -0.0511. The van der Waals surface area contributed by atoms with Crippen molar-refractivity contribution in [1.29, 1.82) is 0 Å². The molecule has 1 fully saturated rings. The van der Waals surface area contributed by atoms with Gasteiger partial charge in [0.1, 0.15) is 41.6 Å². The molecule has 0 spiro atoms. The van der Waals surface area contributed by atoms with Crippen LogP contribution in [-0.4, -0.2) is 64.9 Å². The minimum Gasteiger partial charge on any atom is -0.508 e.